The van der Waals surface area contributed by atoms with Crippen molar-refractivity contribution in [3.05, 3.63) is 53.1 Å². The van der Waals surface area contributed by atoms with Gasteiger partial charge in [0.2, 0.25) is 6.79 Å². The van der Waals surface area contributed by atoms with Crippen LogP contribution in [0, 0.1) is 6.92 Å². The van der Waals surface area contributed by atoms with Crippen molar-refractivity contribution in [1.29, 1.82) is 0 Å². The van der Waals surface area contributed by atoms with Crippen molar-refractivity contribution in [2.75, 3.05) is 25.8 Å². The number of carbonyl (C=O) groups is 3. The molecular formula is C19H17NO7. The predicted octanol–water partition coefficient (Wildman–Crippen LogP) is 2.31. The van der Waals surface area contributed by atoms with Gasteiger partial charge in [0.15, 0.2) is 18.1 Å². The third-order valence-corrected chi connectivity index (χ3v) is 3.88. The Morgan fingerprint density at radius 3 is 2.48 bits per heavy atom. The van der Waals surface area contributed by atoms with Crippen LogP contribution in [0.15, 0.2) is 36.4 Å². The lowest BCUT2D eigenvalue weighted by molar-refractivity contribution is -0.119. The van der Waals surface area contributed by atoms with Gasteiger partial charge in [-0.15, -0.1) is 0 Å². The fourth-order valence-corrected chi connectivity index (χ4v) is 2.43. The van der Waals surface area contributed by atoms with E-state index in [1.165, 1.54) is 25.3 Å². The number of rotatable bonds is 5. The minimum absolute atomic E-state index is 0.0974. The topological polar surface area (TPSA) is 100 Å². The van der Waals surface area contributed by atoms with Gasteiger partial charge in [-0.2, -0.15) is 0 Å². The molecule has 0 saturated heterocycles. The van der Waals surface area contributed by atoms with E-state index < -0.39 is 24.5 Å². The highest BCUT2D eigenvalue weighted by atomic mass is 16.7. The quantitative estimate of drug-likeness (QED) is 0.805. The van der Waals surface area contributed by atoms with Crippen LogP contribution in [0.5, 0.6) is 11.5 Å². The van der Waals surface area contributed by atoms with E-state index in [0.29, 0.717) is 22.7 Å². The van der Waals surface area contributed by atoms with Crippen LogP contribution in [0.3, 0.4) is 0 Å². The molecule has 1 heterocycles. The van der Waals surface area contributed by atoms with E-state index in [9.17, 15) is 14.4 Å². The molecule has 8 nitrogen and oxygen atoms in total. The predicted molar refractivity (Wildman–Crippen MR) is 94.0 cm³/mol. The molecule has 0 spiro atoms. The molecule has 2 aromatic rings. The second-order valence-electron chi connectivity index (χ2n) is 5.71. The zero-order valence-electron chi connectivity index (χ0n) is 14.7. The molecular weight excluding hydrogens is 354 g/mol. The van der Waals surface area contributed by atoms with Gasteiger partial charge in [-0.25, -0.2) is 9.59 Å². The fourth-order valence-electron chi connectivity index (χ4n) is 2.43. The molecule has 3 rings (SSSR count). The molecule has 0 atom stereocenters. The van der Waals surface area contributed by atoms with E-state index in [2.05, 4.69) is 10.1 Å². The molecule has 8 heteroatoms. The van der Waals surface area contributed by atoms with Gasteiger partial charge in [-0.1, -0.05) is 6.07 Å². The molecule has 27 heavy (non-hydrogen) atoms. The Hall–Kier alpha value is -3.55. The number of esters is 2. The summed E-state index contributed by atoms with van der Waals surface area (Å²) >= 11 is 0. The number of hydrogen-bond acceptors (Lipinski definition) is 7. The van der Waals surface area contributed by atoms with E-state index in [4.69, 9.17) is 14.2 Å². The number of methoxy groups -OCH3 is 1. The Labute approximate surface area is 155 Å². The molecule has 0 aromatic heterocycles. The second-order valence-corrected chi connectivity index (χ2v) is 5.71. The van der Waals surface area contributed by atoms with Gasteiger partial charge >= 0.3 is 11.9 Å². The summed E-state index contributed by atoms with van der Waals surface area (Å²) in [7, 11) is 1.27. The largest absolute Gasteiger partial charge is 0.465 e. The Bertz CT molecular complexity index is 907. The standard InChI is InChI=1S/C19H17NO7/c1-11-3-4-12(18(22)24-2)7-14(11)20-17(21)9-25-19(23)13-5-6-15-16(8-13)27-10-26-15/h3-8H,9-10H2,1-2H3,(H,20,21). The molecule has 140 valence electrons. The number of ether oxygens (including phenoxy) is 4. The van der Waals surface area contributed by atoms with Crippen molar-refractivity contribution in [3.8, 4) is 11.5 Å². The summed E-state index contributed by atoms with van der Waals surface area (Å²) in [5.74, 6) is -0.716. The van der Waals surface area contributed by atoms with Crippen molar-refractivity contribution >= 4 is 23.5 Å². The Balaban J connectivity index is 1.60. The average molecular weight is 371 g/mol. The third kappa shape index (κ3) is 4.17. The van der Waals surface area contributed by atoms with Crippen molar-refractivity contribution in [2.45, 2.75) is 6.92 Å². The maximum atomic E-state index is 12.1. The number of anilines is 1. The number of benzene rings is 2. The summed E-state index contributed by atoms with van der Waals surface area (Å²) in [4.78, 5) is 35.8. The molecule has 0 radical (unpaired) electrons. The van der Waals surface area contributed by atoms with Crippen LogP contribution in [0.2, 0.25) is 0 Å². The summed E-state index contributed by atoms with van der Waals surface area (Å²) in [6.45, 7) is 1.39. The zero-order valence-corrected chi connectivity index (χ0v) is 14.7. The van der Waals surface area contributed by atoms with Crippen molar-refractivity contribution < 1.29 is 33.3 Å². The number of fused-ring (bicyclic) bond motifs is 1. The molecule has 0 aliphatic carbocycles. The molecule has 2 aromatic carbocycles. The first-order valence-electron chi connectivity index (χ1n) is 8.03. The van der Waals surface area contributed by atoms with Crippen LogP contribution in [0.1, 0.15) is 26.3 Å². The fraction of sp³-hybridized carbons (Fsp3) is 0.211. The third-order valence-electron chi connectivity index (χ3n) is 3.88. The van der Waals surface area contributed by atoms with Gasteiger partial charge in [-0.05, 0) is 42.8 Å². The number of aryl methyl sites for hydroxylation is 1. The first-order valence-corrected chi connectivity index (χ1v) is 8.03. The van der Waals surface area contributed by atoms with E-state index in [-0.39, 0.29) is 12.4 Å². The van der Waals surface area contributed by atoms with Crippen molar-refractivity contribution in [3.63, 3.8) is 0 Å². The van der Waals surface area contributed by atoms with Crippen LogP contribution < -0.4 is 14.8 Å². The van der Waals surface area contributed by atoms with Gasteiger partial charge in [0, 0.05) is 5.69 Å². The highest BCUT2D eigenvalue weighted by molar-refractivity contribution is 5.97. The van der Waals surface area contributed by atoms with Gasteiger partial charge in [0.05, 0.1) is 18.2 Å². The Morgan fingerprint density at radius 1 is 1.00 bits per heavy atom. The molecule has 0 fully saturated rings. The molecule has 1 aliphatic heterocycles. The molecule has 0 saturated carbocycles. The highest BCUT2D eigenvalue weighted by Crippen LogP contribution is 2.32. The van der Waals surface area contributed by atoms with Crippen molar-refractivity contribution in [2.24, 2.45) is 0 Å². The first kappa shape index (κ1) is 18.2. The normalized spacial score (nSPS) is 11.6. The number of hydrogen-bond donors (Lipinski definition) is 1. The van der Waals surface area contributed by atoms with Crippen molar-refractivity contribution in [1.82, 2.24) is 0 Å². The Kier molecular flexibility index (Phi) is 5.25. The lowest BCUT2D eigenvalue weighted by Gasteiger charge is -2.10. The summed E-state index contributed by atoms with van der Waals surface area (Å²) < 4.78 is 20.0. The van der Waals surface area contributed by atoms with Crippen LogP contribution in [-0.2, 0) is 14.3 Å². The lowest BCUT2D eigenvalue weighted by Crippen LogP contribution is -2.21. The van der Waals surface area contributed by atoms with Gasteiger partial charge < -0.3 is 24.3 Å². The summed E-state index contributed by atoms with van der Waals surface area (Å²) in [6.07, 6.45) is 0. The smallest absolute Gasteiger partial charge is 0.338 e. The molecule has 1 amide bonds. The maximum Gasteiger partial charge on any atom is 0.338 e. The molecule has 0 unspecified atom stereocenters. The van der Waals surface area contributed by atoms with Crippen LogP contribution in [0.25, 0.3) is 0 Å². The van der Waals surface area contributed by atoms with E-state index in [1.54, 1.807) is 25.1 Å². The van der Waals surface area contributed by atoms with Crippen LogP contribution >= 0.6 is 0 Å². The minimum Gasteiger partial charge on any atom is -0.465 e. The second kappa shape index (κ2) is 7.77. The summed E-state index contributed by atoms with van der Waals surface area (Å²) in [5, 5.41) is 2.61. The first-order chi connectivity index (χ1) is 13.0. The van der Waals surface area contributed by atoms with Gasteiger partial charge in [0.1, 0.15) is 0 Å². The zero-order chi connectivity index (χ0) is 19.4. The molecule has 1 N–H and O–H groups in total. The summed E-state index contributed by atoms with van der Waals surface area (Å²) in [5.41, 5.74) is 1.73. The monoisotopic (exact) mass is 371 g/mol. The van der Waals surface area contributed by atoms with E-state index in [0.717, 1.165) is 5.56 Å². The van der Waals surface area contributed by atoms with Crippen LogP contribution in [0.4, 0.5) is 5.69 Å². The Morgan fingerprint density at radius 2 is 1.70 bits per heavy atom. The summed E-state index contributed by atoms with van der Waals surface area (Å²) in [6, 6.07) is 9.39. The van der Waals surface area contributed by atoms with Gasteiger partial charge in [0.25, 0.3) is 5.91 Å². The number of amides is 1. The minimum atomic E-state index is -0.663. The van der Waals surface area contributed by atoms with E-state index in [1.807, 2.05) is 0 Å². The SMILES string of the molecule is COC(=O)c1ccc(C)c(NC(=O)COC(=O)c2ccc3c(c2)OCO3)c1. The lowest BCUT2D eigenvalue weighted by atomic mass is 10.1. The van der Waals surface area contributed by atoms with Gasteiger partial charge in [-0.3, -0.25) is 4.79 Å². The van der Waals surface area contributed by atoms with E-state index >= 15 is 0 Å². The average Bonchev–Trinajstić information content (AvgIpc) is 3.15. The highest BCUT2D eigenvalue weighted by Gasteiger charge is 2.18. The van der Waals surface area contributed by atoms with Crippen LogP contribution in [-0.4, -0.2) is 38.4 Å². The maximum absolute atomic E-state index is 12.1. The molecule has 1 aliphatic rings. The number of carbonyl (C=O) groups excluding carboxylic acids is 3. The number of nitrogens with one attached hydrogen (secondary N) is 1. The molecule has 0 bridgehead atoms.